The van der Waals surface area contributed by atoms with Crippen LogP contribution in [-0.2, 0) is 12.8 Å². The number of hydrogen-bond donors (Lipinski definition) is 0. The number of aryl methyl sites for hydroxylation is 2. The fourth-order valence-electron chi connectivity index (χ4n) is 2.37. The van der Waals surface area contributed by atoms with E-state index in [1.165, 1.54) is 30.0 Å². The maximum atomic E-state index is 2.30. The quantitative estimate of drug-likeness (QED) is 0.590. The molecular weight excluding hydrogens is 180 g/mol. The first-order chi connectivity index (χ1) is 7.45. The zero-order chi connectivity index (χ0) is 10.7. The van der Waals surface area contributed by atoms with Crippen LogP contribution in [0, 0.1) is 0 Å². The molecule has 15 heavy (non-hydrogen) atoms. The van der Waals surface area contributed by atoms with Gasteiger partial charge in [-0.1, -0.05) is 50.2 Å². The zero-order valence-electron chi connectivity index (χ0n) is 9.59. The van der Waals surface area contributed by atoms with E-state index in [-0.39, 0.29) is 0 Å². The first-order valence-electron chi connectivity index (χ1n) is 5.95. The van der Waals surface area contributed by atoms with Crippen LogP contribution in [0.1, 0.15) is 31.4 Å². The van der Waals surface area contributed by atoms with Gasteiger partial charge >= 0.3 is 0 Å². The third-order valence-corrected chi connectivity index (χ3v) is 3.01. The van der Waals surface area contributed by atoms with Gasteiger partial charge in [0.15, 0.2) is 0 Å². The summed E-state index contributed by atoms with van der Waals surface area (Å²) in [6, 6.07) is 13.3. The second-order valence-corrected chi connectivity index (χ2v) is 3.78. The first-order valence-corrected chi connectivity index (χ1v) is 5.95. The Hall–Kier alpha value is -1.30. The molecule has 1 aliphatic rings. The van der Waals surface area contributed by atoms with Crippen molar-refractivity contribution < 1.29 is 0 Å². The van der Waals surface area contributed by atoms with Crippen molar-refractivity contribution in [3.05, 3.63) is 47.5 Å². The van der Waals surface area contributed by atoms with Crippen LogP contribution in [-0.4, -0.2) is 0 Å². The van der Waals surface area contributed by atoms with Crippen LogP contribution in [0.25, 0.3) is 10.8 Å². The van der Waals surface area contributed by atoms with Gasteiger partial charge in [0.2, 0.25) is 0 Å². The van der Waals surface area contributed by atoms with Crippen LogP contribution in [0.15, 0.2) is 36.4 Å². The first kappa shape index (κ1) is 10.2. The van der Waals surface area contributed by atoms with E-state index in [0.29, 0.717) is 0 Å². The van der Waals surface area contributed by atoms with E-state index >= 15 is 0 Å². The predicted octanol–water partition coefficient (Wildman–Crippen LogP) is 4.35. The largest absolute Gasteiger partial charge is 0.0683 e. The van der Waals surface area contributed by atoms with Gasteiger partial charge in [-0.15, -0.1) is 0 Å². The van der Waals surface area contributed by atoms with E-state index in [9.17, 15) is 0 Å². The molecule has 2 aromatic rings. The maximum absolute atomic E-state index is 2.30. The van der Waals surface area contributed by atoms with Gasteiger partial charge in [0, 0.05) is 0 Å². The van der Waals surface area contributed by atoms with E-state index in [2.05, 4.69) is 36.4 Å². The molecule has 0 atom stereocenters. The average Bonchev–Trinajstić information content (AvgIpc) is 2.80. The molecule has 78 valence electrons. The Morgan fingerprint density at radius 3 is 2.53 bits per heavy atom. The Balaban J connectivity index is 0.000000404. The summed E-state index contributed by atoms with van der Waals surface area (Å²) in [6.07, 6.45) is 3.89. The topological polar surface area (TPSA) is 0 Å². The van der Waals surface area contributed by atoms with Gasteiger partial charge < -0.3 is 0 Å². The lowest BCUT2D eigenvalue weighted by atomic mass is 10.0. The van der Waals surface area contributed by atoms with Gasteiger partial charge in [0.1, 0.15) is 0 Å². The van der Waals surface area contributed by atoms with Gasteiger partial charge in [-0.25, -0.2) is 0 Å². The van der Waals surface area contributed by atoms with Crippen molar-refractivity contribution in [1.29, 1.82) is 0 Å². The highest BCUT2D eigenvalue weighted by molar-refractivity contribution is 5.87. The molecule has 0 radical (unpaired) electrons. The minimum absolute atomic E-state index is 1.27. The number of fused-ring (bicyclic) bond motifs is 3. The van der Waals surface area contributed by atoms with E-state index in [4.69, 9.17) is 0 Å². The van der Waals surface area contributed by atoms with Crippen molar-refractivity contribution in [2.45, 2.75) is 33.1 Å². The molecule has 0 spiro atoms. The Bertz CT molecular complexity index is 455. The predicted molar refractivity (Wildman–Crippen MR) is 67.3 cm³/mol. The van der Waals surface area contributed by atoms with Crippen LogP contribution in [0.4, 0.5) is 0 Å². The highest BCUT2D eigenvalue weighted by Gasteiger charge is 2.12. The summed E-state index contributed by atoms with van der Waals surface area (Å²) in [5.74, 6) is 0. The smallest absolute Gasteiger partial charge is 0.0149 e. The second kappa shape index (κ2) is 4.48. The van der Waals surface area contributed by atoms with Gasteiger partial charge in [-0.2, -0.15) is 0 Å². The monoisotopic (exact) mass is 198 g/mol. The van der Waals surface area contributed by atoms with Crippen molar-refractivity contribution in [3.63, 3.8) is 0 Å². The summed E-state index contributed by atoms with van der Waals surface area (Å²) in [4.78, 5) is 0. The molecule has 0 saturated carbocycles. The average molecular weight is 198 g/mol. The van der Waals surface area contributed by atoms with Gasteiger partial charge in [-0.3, -0.25) is 0 Å². The molecule has 0 aromatic heterocycles. The number of rotatable bonds is 0. The molecule has 0 heterocycles. The summed E-state index contributed by atoms with van der Waals surface area (Å²) >= 11 is 0. The Labute approximate surface area is 91.9 Å². The van der Waals surface area contributed by atoms with Crippen molar-refractivity contribution in [3.8, 4) is 0 Å². The third kappa shape index (κ3) is 1.77. The number of hydrogen-bond acceptors (Lipinski definition) is 0. The Kier molecular flexibility index (Phi) is 3.05. The van der Waals surface area contributed by atoms with Crippen molar-refractivity contribution in [2.75, 3.05) is 0 Å². The SMILES string of the molecule is CC.c1ccc2c3c(ccc2c1)CCC3. The van der Waals surface area contributed by atoms with E-state index in [1.54, 1.807) is 11.1 Å². The molecule has 0 saturated heterocycles. The minimum atomic E-state index is 1.27. The third-order valence-electron chi connectivity index (χ3n) is 3.01. The summed E-state index contributed by atoms with van der Waals surface area (Å²) in [6.45, 7) is 4.00. The van der Waals surface area contributed by atoms with Crippen molar-refractivity contribution in [2.24, 2.45) is 0 Å². The van der Waals surface area contributed by atoms with Crippen LogP contribution in [0.5, 0.6) is 0 Å². The summed E-state index contributed by atoms with van der Waals surface area (Å²) in [7, 11) is 0. The molecule has 3 rings (SSSR count). The summed E-state index contributed by atoms with van der Waals surface area (Å²) in [5, 5.41) is 2.86. The maximum Gasteiger partial charge on any atom is -0.0149 e. The molecule has 0 unspecified atom stereocenters. The fourth-order valence-corrected chi connectivity index (χ4v) is 2.37. The molecule has 0 nitrogen and oxygen atoms in total. The molecule has 0 N–H and O–H groups in total. The highest BCUT2D eigenvalue weighted by atomic mass is 14.2. The molecule has 2 aromatic carbocycles. The Morgan fingerprint density at radius 2 is 1.67 bits per heavy atom. The standard InChI is InChI=1S/C13H12.C2H6/c1-2-6-12-10(4-1)8-9-11-5-3-7-13(11)12;1-2/h1-2,4,6,8-9H,3,5,7H2;1-2H3. The summed E-state index contributed by atoms with van der Waals surface area (Å²) in [5.41, 5.74) is 3.16. The van der Waals surface area contributed by atoms with E-state index < -0.39 is 0 Å². The van der Waals surface area contributed by atoms with Crippen LogP contribution in [0.2, 0.25) is 0 Å². The van der Waals surface area contributed by atoms with Crippen LogP contribution < -0.4 is 0 Å². The van der Waals surface area contributed by atoms with E-state index in [0.717, 1.165) is 0 Å². The molecule has 0 aliphatic heterocycles. The highest BCUT2D eigenvalue weighted by Crippen LogP contribution is 2.29. The number of benzene rings is 2. The molecular formula is C15H18. The van der Waals surface area contributed by atoms with Crippen molar-refractivity contribution in [1.82, 2.24) is 0 Å². The molecule has 0 amide bonds. The molecule has 0 fully saturated rings. The lowest BCUT2D eigenvalue weighted by Gasteiger charge is -2.03. The van der Waals surface area contributed by atoms with Gasteiger partial charge in [-0.05, 0) is 41.2 Å². The van der Waals surface area contributed by atoms with Gasteiger partial charge in [0.25, 0.3) is 0 Å². The van der Waals surface area contributed by atoms with Crippen LogP contribution in [0.3, 0.4) is 0 Å². The molecule has 0 heteroatoms. The molecule has 0 bridgehead atoms. The summed E-state index contributed by atoms with van der Waals surface area (Å²) < 4.78 is 0. The second-order valence-electron chi connectivity index (χ2n) is 3.78. The lowest BCUT2D eigenvalue weighted by Crippen LogP contribution is -1.83. The lowest BCUT2D eigenvalue weighted by molar-refractivity contribution is 0.913. The van der Waals surface area contributed by atoms with Gasteiger partial charge in [0.05, 0.1) is 0 Å². The minimum Gasteiger partial charge on any atom is -0.0683 e. The van der Waals surface area contributed by atoms with Crippen molar-refractivity contribution >= 4 is 10.8 Å². The zero-order valence-corrected chi connectivity index (χ0v) is 9.59. The fraction of sp³-hybridized carbons (Fsp3) is 0.333. The Morgan fingerprint density at radius 1 is 0.867 bits per heavy atom. The normalized spacial score (nSPS) is 13.2. The van der Waals surface area contributed by atoms with Crippen LogP contribution >= 0.6 is 0 Å². The molecule has 1 aliphatic carbocycles. The van der Waals surface area contributed by atoms with E-state index in [1.807, 2.05) is 13.8 Å².